The molecule has 0 aliphatic heterocycles. The highest BCUT2D eigenvalue weighted by molar-refractivity contribution is 6.02. The van der Waals surface area contributed by atoms with Gasteiger partial charge in [-0.1, -0.05) is 32.0 Å². The monoisotopic (exact) mass is 386 g/mol. The Morgan fingerprint density at radius 2 is 1.82 bits per heavy atom. The van der Waals surface area contributed by atoms with Crippen LogP contribution in [0, 0.1) is 0 Å². The number of phenols is 1. The Hall–Kier alpha value is -3.22. The van der Waals surface area contributed by atoms with Gasteiger partial charge in [0.1, 0.15) is 29.4 Å². The van der Waals surface area contributed by atoms with Gasteiger partial charge in [0.2, 0.25) is 0 Å². The van der Waals surface area contributed by atoms with Crippen molar-refractivity contribution in [3.05, 3.63) is 53.1 Å². The van der Waals surface area contributed by atoms with Crippen molar-refractivity contribution in [2.24, 2.45) is 5.16 Å². The lowest BCUT2D eigenvalue weighted by atomic mass is 9.84. The number of rotatable bonds is 6. The topological polar surface area (TPSA) is 103 Å². The van der Waals surface area contributed by atoms with Crippen LogP contribution in [-0.4, -0.2) is 47.8 Å². The van der Waals surface area contributed by atoms with Gasteiger partial charge in [0, 0.05) is 31.4 Å². The molecule has 0 aliphatic carbocycles. The van der Waals surface area contributed by atoms with Gasteiger partial charge in [-0.2, -0.15) is 0 Å². The van der Waals surface area contributed by atoms with Gasteiger partial charge < -0.3 is 25.1 Å². The van der Waals surface area contributed by atoms with Gasteiger partial charge in [-0.05, 0) is 35.2 Å². The largest absolute Gasteiger partial charge is 0.507 e. The molecule has 0 radical (unpaired) electrons. The number of nitrogens with zero attached hydrogens (tertiary/aromatic N) is 2. The SMILES string of the molecule is CN(C)c1ccc(/C(COc2ccc(C(=O)O)c(O)c2)=N\O)cc1C(C)(C)C. The third-order valence-electron chi connectivity index (χ3n) is 4.32. The number of ether oxygens (including phenoxy) is 1. The molecule has 0 bridgehead atoms. The zero-order chi connectivity index (χ0) is 21.1. The maximum Gasteiger partial charge on any atom is 0.339 e. The highest BCUT2D eigenvalue weighted by Gasteiger charge is 2.21. The van der Waals surface area contributed by atoms with E-state index in [2.05, 4.69) is 25.9 Å². The normalized spacial score (nSPS) is 12.0. The van der Waals surface area contributed by atoms with Crippen molar-refractivity contribution >= 4 is 17.4 Å². The molecule has 7 nitrogen and oxygen atoms in total. The lowest BCUT2D eigenvalue weighted by Gasteiger charge is -2.27. The van der Waals surface area contributed by atoms with Crippen molar-refractivity contribution in [1.29, 1.82) is 0 Å². The Morgan fingerprint density at radius 1 is 1.14 bits per heavy atom. The summed E-state index contributed by atoms with van der Waals surface area (Å²) in [7, 11) is 3.95. The molecule has 2 aromatic rings. The van der Waals surface area contributed by atoms with Gasteiger partial charge in [0.25, 0.3) is 0 Å². The van der Waals surface area contributed by atoms with E-state index in [1.165, 1.54) is 18.2 Å². The molecular weight excluding hydrogens is 360 g/mol. The van der Waals surface area contributed by atoms with Gasteiger partial charge in [-0.25, -0.2) is 4.79 Å². The minimum absolute atomic E-state index is 0.0484. The summed E-state index contributed by atoms with van der Waals surface area (Å²) in [5.74, 6) is -1.35. The van der Waals surface area contributed by atoms with Gasteiger partial charge in [0.05, 0.1) is 0 Å². The first kappa shape index (κ1) is 21.1. The van der Waals surface area contributed by atoms with Crippen LogP contribution < -0.4 is 9.64 Å². The number of hydrogen-bond acceptors (Lipinski definition) is 6. The molecule has 0 saturated heterocycles. The molecule has 0 amide bonds. The van der Waals surface area contributed by atoms with Gasteiger partial charge >= 0.3 is 5.97 Å². The van der Waals surface area contributed by atoms with Crippen molar-refractivity contribution in [2.45, 2.75) is 26.2 Å². The first-order valence-electron chi connectivity index (χ1n) is 8.77. The van der Waals surface area contributed by atoms with Gasteiger partial charge in [0.15, 0.2) is 0 Å². The Balaban J connectivity index is 2.27. The van der Waals surface area contributed by atoms with Crippen LogP contribution in [-0.2, 0) is 5.41 Å². The van der Waals surface area contributed by atoms with Gasteiger partial charge in [-0.15, -0.1) is 0 Å². The zero-order valence-corrected chi connectivity index (χ0v) is 16.7. The molecule has 2 rings (SSSR count). The standard InChI is InChI=1S/C21H26N2O5/c1-21(2,3)16-10-13(6-9-18(16)23(4)5)17(22-27)12-28-14-7-8-15(20(25)26)19(24)11-14/h6-11,24,27H,12H2,1-5H3,(H,25,26)/b22-17-. The second kappa shape index (κ2) is 8.21. The molecular formula is C21H26N2O5. The predicted molar refractivity (Wildman–Crippen MR) is 108 cm³/mol. The molecule has 0 unspecified atom stereocenters. The Kier molecular flexibility index (Phi) is 6.18. The average molecular weight is 386 g/mol. The lowest BCUT2D eigenvalue weighted by molar-refractivity contribution is 0.0693. The van der Waals surface area contributed by atoms with Crippen molar-refractivity contribution < 1.29 is 25.0 Å². The Labute approximate surface area is 164 Å². The van der Waals surface area contributed by atoms with E-state index >= 15 is 0 Å². The second-order valence-corrected chi connectivity index (χ2v) is 7.70. The molecule has 0 atom stereocenters. The summed E-state index contributed by atoms with van der Waals surface area (Å²) in [6.45, 7) is 6.28. The second-order valence-electron chi connectivity index (χ2n) is 7.70. The fourth-order valence-electron chi connectivity index (χ4n) is 2.81. The minimum atomic E-state index is -1.22. The molecule has 0 aromatic heterocycles. The number of hydrogen-bond donors (Lipinski definition) is 3. The van der Waals surface area contributed by atoms with E-state index in [1.54, 1.807) is 0 Å². The maximum atomic E-state index is 11.0. The predicted octanol–water partition coefficient (Wildman–Crippen LogP) is 3.71. The first-order valence-corrected chi connectivity index (χ1v) is 8.77. The number of benzene rings is 2. The molecule has 7 heteroatoms. The molecule has 2 aromatic carbocycles. The van der Waals surface area contributed by atoms with Crippen molar-refractivity contribution in [1.82, 2.24) is 0 Å². The van der Waals surface area contributed by atoms with Crippen LogP contribution in [0.5, 0.6) is 11.5 Å². The summed E-state index contributed by atoms with van der Waals surface area (Å²) >= 11 is 0. The Morgan fingerprint density at radius 3 is 2.32 bits per heavy atom. The molecule has 3 N–H and O–H groups in total. The van der Waals surface area contributed by atoms with Crippen molar-refractivity contribution in [3.63, 3.8) is 0 Å². The number of anilines is 1. The highest BCUT2D eigenvalue weighted by atomic mass is 16.5. The molecule has 0 fully saturated rings. The van der Waals surface area contributed by atoms with Crippen LogP contribution in [0.3, 0.4) is 0 Å². The quantitative estimate of drug-likeness (QED) is 0.397. The number of aromatic carboxylic acids is 1. The third kappa shape index (κ3) is 4.73. The molecule has 28 heavy (non-hydrogen) atoms. The minimum Gasteiger partial charge on any atom is -0.507 e. The molecule has 150 valence electrons. The van der Waals surface area contributed by atoms with E-state index in [0.29, 0.717) is 11.3 Å². The van der Waals surface area contributed by atoms with Crippen LogP contribution in [0.15, 0.2) is 41.6 Å². The van der Waals surface area contributed by atoms with Crippen molar-refractivity contribution in [2.75, 3.05) is 25.6 Å². The third-order valence-corrected chi connectivity index (χ3v) is 4.32. The van der Waals surface area contributed by atoms with Crippen LogP contribution >= 0.6 is 0 Å². The van der Waals surface area contributed by atoms with E-state index < -0.39 is 11.7 Å². The number of carboxylic acids is 1. The number of oxime groups is 1. The molecule has 0 heterocycles. The van der Waals surface area contributed by atoms with E-state index in [0.717, 1.165) is 11.3 Å². The van der Waals surface area contributed by atoms with E-state index in [9.17, 15) is 15.1 Å². The van der Waals surface area contributed by atoms with Gasteiger partial charge in [-0.3, -0.25) is 0 Å². The fourth-order valence-corrected chi connectivity index (χ4v) is 2.81. The highest BCUT2D eigenvalue weighted by Crippen LogP contribution is 2.32. The molecule has 0 aliphatic rings. The smallest absolute Gasteiger partial charge is 0.339 e. The fraction of sp³-hybridized carbons (Fsp3) is 0.333. The van der Waals surface area contributed by atoms with Crippen molar-refractivity contribution in [3.8, 4) is 11.5 Å². The zero-order valence-electron chi connectivity index (χ0n) is 16.7. The average Bonchev–Trinajstić information content (AvgIpc) is 2.61. The summed E-state index contributed by atoms with van der Waals surface area (Å²) in [6, 6.07) is 9.70. The van der Waals surface area contributed by atoms with Crippen LogP contribution in [0.1, 0.15) is 42.3 Å². The van der Waals surface area contributed by atoms with Crippen LogP contribution in [0.25, 0.3) is 0 Å². The first-order chi connectivity index (χ1) is 13.0. The number of aromatic hydroxyl groups is 1. The molecule has 0 spiro atoms. The molecule has 0 saturated carbocycles. The summed E-state index contributed by atoms with van der Waals surface area (Å²) in [4.78, 5) is 13.0. The van der Waals surface area contributed by atoms with E-state index in [4.69, 9.17) is 9.84 Å². The van der Waals surface area contributed by atoms with E-state index in [-0.39, 0.29) is 23.3 Å². The lowest BCUT2D eigenvalue weighted by Crippen LogP contribution is -2.21. The summed E-state index contributed by atoms with van der Waals surface area (Å²) in [6.07, 6.45) is 0. The Bertz CT molecular complexity index is 898. The van der Waals surface area contributed by atoms with E-state index in [1.807, 2.05) is 37.2 Å². The summed E-state index contributed by atoms with van der Waals surface area (Å²) < 4.78 is 5.58. The summed E-state index contributed by atoms with van der Waals surface area (Å²) in [5, 5.41) is 31.6. The number of carboxylic acid groups (broad SMARTS) is 1. The van der Waals surface area contributed by atoms with Crippen LogP contribution in [0.4, 0.5) is 5.69 Å². The van der Waals surface area contributed by atoms with Crippen LogP contribution in [0.2, 0.25) is 0 Å². The number of carbonyl (C=O) groups is 1. The maximum absolute atomic E-state index is 11.0. The summed E-state index contributed by atoms with van der Waals surface area (Å²) in [5.41, 5.74) is 2.87.